The van der Waals surface area contributed by atoms with Gasteiger partial charge in [-0.1, -0.05) is 32.4 Å². The quantitative estimate of drug-likeness (QED) is 0.196. The Bertz CT molecular complexity index is 1390. The lowest BCUT2D eigenvalue weighted by Gasteiger charge is -2.56. The van der Waals surface area contributed by atoms with Crippen LogP contribution in [0.1, 0.15) is 61.4 Å². The van der Waals surface area contributed by atoms with Gasteiger partial charge in [0.05, 0.1) is 42.9 Å². The number of rotatable bonds is 9. The smallest absolute Gasteiger partial charge is 0.306 e. The van der Waals surface area contributed by atoms with Crippen molar-refractivity contribution in [2.24, 2.45) is 29.4 Å². The molecule has 2 unspecified atom stereocenters. The van der Waals surface area contributed by atoms with Gasteiger partial charge in [0, 0.05) is 5.92 Å². The molecule has 1 aromatic rings. The molecule has 1 amide bonds. The highest BCUT2D eigenvalue weighted by atomic mass is 16.5. The molecule has 2 fully saturated rings. The molecule has 3 aliphatic rings. The number of ketones is 4. The van der Waals surface area contributed by atoms with Crippen molar-refractivity contribution >= 4 is 41.0 Å². The molecule has 13 nitrogen and oxygen atoms in total. The van der Waals surface area contributed by atoms with Crippen LogP contribution in [-0.4, -0.2) is 94.5 Å². The van der Waals surface area contributed by atoms with Crippen LogP contribution >= 0.6 is 0 Å². The van der Waals surface area contributed by atoms with Gasteiger partial charge < -0.3 is 25.4 Å². The Morgan fingerprint density at radius 2 is 1.70 bits per heavy atom. The van der Waals surface area contributed by atoms with Crippen LogP contribution in [0.15, 0.2) is 18.2 Å². The zero-order valence-corrected chi connectivity index (χ0v) is 24.4. The number of Topliss-reactive ketones (excluding diaryl/α,β-unsaturated/α-hetero) is 4. The van der Waals surface area contributed by atoms with Crippen LogP contribution in [0.25, 0.3) is 0 Å². The van der Waals surface area contributed by atoms with E-state index in [0.29, 0.717) is 12.0 Å². The number of aliphatic hydroxyl groups is 1. The highest BCUT2D eigenvalue weighted by Gasteiger charge is 2.74. The Balaban J connectivity index is 1.84. The fourth-order valence-corrected chi connectivity index (χ4v) is 6.88. The van der Waals surface area contributed by atoms with Crippen molar-refractivity contribution in [3.63, 3.8) is 0 Å². The summed E-state index contributed by atoms with van der Waals surface area (Å²) in [5.41, 5.74) is 2.42. The van der Waals surface area contributed by atoms with Crippen LogP contribution in [0.4, 0.5) is 0 Å². The SMILES string of the molecule is CCCCOC(=O)CCC(=O)O[C@@H]1[C@@H]2C(C(=O)c3c(O)cccc3[C@H]2C)C(=O)[C@@]2(O)C(=O)C(C(N)=O)C(=O)[C@H](N(C)C)[C@@H]12. The molecule has 3 aliphatic carbocycles. The van der Waals surface area contributed by atoms with Crippen molar-refractivity contribution in [3.8, 4) is 5.75 Å². The van der Waals surface area contributed by atoms with Crippen LogP contribution in [0.3, 0.4) is 0 Å². The summed E-state index contributed by atoms with van der Waals surface area (Å²) in [5.74, 6) is -15.7. The van der Waals surface area contributed by atoms with Gasteiger partial charge in [-0.15, -0.1) is 0 Å². The molecule has 0 aromatic heterocycles. The number of hydrogen-bond donors (Lipinski definition) is 3. The number of carbonyl (C=O) groups is 7. The molecule has 0 saturated heterocycles. The Labute approximate surface area is 247 Å². The Morgan fingerprint density at radius 3 is 2.30 bits per heavy atom. The van der Waals surface area contributed by atoms with Gasteiger partial charge in [-0.05, 0) is 38.1 Å². The van der Waals surface area contributed by atoms with E-state index in [1.54, 1.807) is 13.0 Å². The number of nitrogens with two attached hydrogens (primary N) is 1. The Kier molecular flexibility index (Phi) is 8.89. The Hall–Kier alpha value is -3.97. The number of esters is 2. The molecule has 232 valence electrons. The minimum atomic E-state index is -3.12. The second kappa shape index (κ2) is 12.0. The number of aromatic hydroxyl groups is 1. The lowest BCUT2D eigenvalue weighted by atomic mass is 9.49. The largest absolute Gasteiger partial charge is 0.507 e. The number of benzene rings is 1. The summed E-state index contributed by atoms with van der Waals surface area (Å²) >= 11 is 0. The van der Waals surface area contributed by atoms with Crippen LogP contribution in [-0.2, 0) is 38.2 Å². The molecule has 0 radical (unpaired) electrons. The van der Waals surface area contributed by atoms with Gasteiger partial charge in [0.25, 0.3) is 0 Å². The molecule has 0 spiro atoms. The van der Waals surface area contributed by atoms with E-state index in [1.807, 2.05) is 6.92 Å². The van der Waals surface area contributed by atoms with Crippen molar-refractivity contribution in [2.75, 3.05) is 20.7 Å². The number of fused-ring (bicyclic) bond motifs is 3. The third-order valence-corrected chi connectivity index (χ3v) is 8.89. The molecular formula is C30H36N2O11. The minimum absolute atomic E-state index is 0.176. The molecule has 4 rings (SSSR count). The van der Waals surface area contributed by atoms with Gasteiger partial charge in [-0.3, -0.25) is 38.5 Å². The number of carbonyl (C=O) groups excluding carboxylic acids is 7. The number of nitrogens with zero attached hydrogens (tertiary/aromatic N) is 1. The maximum Gasteiger partial charge on any atom is 0.306 e. The summed E-state index contributed by atoms with van der Waals surface area (Å²) in [5, 5.41) is 22.5. The van der Waals surface area contributed by atoms with Crippen molar-refractivity contribution < 1.29 is 53.2 Å². The molecule has 0 bridgehead atoms. The van der Waals surface area contributed by atoms with E-state index < -0.39 is 100 Å². The second-order valence-electron chi connectivity index (χ2n) is 11.6. The first-order valence-electron chi connectivity index (χ1n) is 14.2. The second-order valence-corrected chi connectivity index (χ2v) is 11.6. The lowest BCUT2D eigenvalue weighted by Crippen LogP contribution is -2.78. The topological polar surface area (TPSA) is 208 Å². The monoisotopic (exact) mass is 600 g/mol. The molecule has 0 aliphatic heterocycles. The number of hydrogen-bond acceptors (Lipinski definition) is 12. The van der Waals surface area contributed by atoms with Crippen molar-refractivity contribution in [1.29, 1.82) is 0 Å². The standard InChI is InChI=1S/C30H36N2O11/c1-5-6-12-42-16(34)10-11-17(35)43-26-18-13(2)14-8-7-9-15(33)19(14)24(36)20(18)27(38)30(41)22(26)23(32(3)4)25(37)21(28(30)39)29(31)40/h7-9,13,18,20-23,26,33,41H,5-6,10-12H2,1-4H3,(H2,31,40)/t13-,18+,20?,21?,22+,23-,26-,30-/m1/s1. The summed E-state index contributed by atoms with van der Waals surface area (Å²) < 4.78 is 10.9. The van der Waals surface area contributed by atoms with Gasteiger partial charge >= 0.3 is 11.9 Å². The summed E-state index contributed by atoms with van der Waals surface area (Å²) in [4.78, 5) is 94.2. The van der Waals surface area contributed by atoms with E-state index in [0.717, 1.165) is 6.42 Å². The molecular weight excluding hydrogens is 564 g/mol. The third-order valence-electron chi connectivity index (χ3n) is 8.89. The van der Waals surface area contributed by atoms with Crippen molar-refractivity contribution in [1.82, 2.24) is 4.90 Å². The normalized spacial score (nSPS) is 31.6. The maximum atomic E-state index is 14.2. The first kappa shape index (κ1) is 32.0. The number of amides is 1. The molecule has 0 heterocycles. The zero-order chi connectivity index (χ0) is 32.0. The first-order chi connectivity index (χ1) is 20.2. The van der Waals surface area contributed by atoms with Crippen LogP contribution in [0.2, 0.25) is 0 Å². The third kappa shape index (κ3) is 5.14. The first-order valence-corrected chi connectivity index (χ1v) is 14.2. The molecule has 8 atom stereocenters. The minimum Gasteiger partial charge on any atom is -0.507 e. The lowest BCUT2D eigenvalue weighted by molar-refractivity contribution is -0.205. The number of phenols is 1. The van der Waals surface area contributed by atoms with E-state index in [4.69, 9.17) is 15.2 Å². The van der Waals surface area contributed by atoms with E-state index in [9.17, 15) is 43.8 Å². The average molecular weight is 601 g/mol. The number of likely N-dealkylation sites (N-methyl/N-ethyl adjacent to an activating group) is 1. The summed E-state index contributed by atoms with van der Waals surface area (Å²) in [6.45, 7) is 3.73. The number of ether oxygens (including phenoxy) is 2. The van der Waals surface area contributed by atoms with Crippen LogP contribution < -0.4 is 5.73 Å². The van der Waals surface area contributed by atoms with E-state index in [-0.39, 0.29) is 18.6 Å². The molecule has 2 saturated carbocycles. The molecule has 43 heavy (non-hydrogen) atoms. The van der Waals surface area contributed by atoms with Gasteiger partial charge in [0.15, 0.2) is 34.7 Å². The van der Waals surface area contributed by atoms with Gasteiger partial charge in [-0.2, -0.15) is 0 Å². The predicted octanol–water partition coefficient (Wildman–Crippen LogP) is 0.0732. The fourth-order valence-electron chi connectivity index (χ4n) is 6.88. The van der Waals surface area contributed by atoms with Gasteiger partial charge in [0.1, 0.15) is 11.9 Å². The van der Waals surface area contributed by atoms with Gasteiger partial charge in [0.2, 0.25) is 5.91 Å². The van der Waals surface area contributed by atoms with Crippen molar-refractivity contribution in [3.05, 3.63) is 29.3 Å². The Morgan fingerprint density at radius 1 is 1.05 bits per heavy atom. The van der Waals surface area contributed by atoms with Crippen LogP contribution in [0.5, 0.6) is 5.75 Å². The maximum absolute atomic E-state index is 14.2. The number of unbranched alkanes of at least 4 members (excludes halogenated alkanes) is 1. The van der Waals surface area contributed by atoms with Gasteiger partial charge in [-0.25, -0.2) is 0 Å². The van der Waals surface area contributed by atoms with E-state index in [1.165, 1.54) is 31.1 Å². The summed E-state index contributed by atoms with van der Waals surface area (Å²) in [7, 11) is 2.84. The van der Waals surface area contributed by atoms with Crippen molar-refractivity contribution in [2.45, 2.75) is 63.2 Å². The summed E-state index contributed by atoms with van der Waals surface area (Å²) in [6.07, 6.45) is -0.961. The molecule has 4 N–H and O–H groups in total. The number of primary amides is 1. The molecule has 1 aromatic carbocycles. The fraction of sp³-hybridized carbons (Fsp3) is 0.567. The zero-order valence-electron chi connectivity index (χ0n) is 24.4. The predicted molar refractivity (Wildman–Crippen MR) is 146 cm³/mol. The highest BCUT2D eigenvalue weighted by Crippen LogP contribution is 2.55. The summed E-state index contributed by atoms with van der Waals surface area (Å²) in [6, 6.07) is 2.81. The van der Waals surface area contributed by atoms with Crippen LogP contribution in [0, 0.1) is 23.7 Å². The average Bonchev–Trinajstić information content (AvgIpc) is 2.93. The number of phenolic OH excluding ortho intramolecular Hbond substituents is 1. The molecule has 13 heteroatoms. The highest BCUT2D eigenvalue weighted by molar-refractivity contribution is 6.32. The van der Waals surface area contributed by atoms with E-state index >= 15 is 0 Å². The van der Waals surface area contributed by atoms with E-state index in [2.05, 4.69) is 0 Å².